The summed E-state index contributed by atoms with van der Waals surface area (Å²) in [6.07, 6.45) is 0.851. The van der Waals surface area contributed by atoms with Crippen molar-refractivity contribution in [3.05, 3.63) is 107 Å². The van der Waals surface area contributed by atoms with Crippen molar-refractivity contribution in [1.29, 1.82) is 0 Å². The van der Waals surface area contributed by atoms with Crippen molar-refractivity contribution in [2.75, 3.05) is 0 Å². The first-order chi connectivity index (χ1) is 15.1. The molecule has 0 unspecified atom stereocenters. The van der Waals surface area contributed by atoms with Gasteiger partial charge in [0.25, 0.3) is 5.91 Å². The quantitative estimate of drug-likeness (QED) is 0.406. The second kappa shape index (κ2) is 9.00. The number of aldehydes is 1. The highest BCUT2D eigenvalue weighted by Crippen LogP contribution is 2.33. The summed E-state index contributed by atoms with van der Waals surface area (Å²) in [7, 11) is 0. The maximum Gasteiger partial charge on any atom is 0.254 e. The van der Waals surface area contributed by atoms with E-state index in [-0.39, 0.29) is 11.8 Å². The zero-order valence-electron chi connectivity index (χ0n) is 17.8. The van der Waals surface area contributed by atoms with E-state index in [9.17, 15) is 9.59 Å². The molecule has 0 spiro atoms. The van der Waals surface area contributed by atoms with Gasteiger partial charge in [-0.1, -0.05) is 86.6 Å². The summed E-state index contributed by atoms with van der Waals surface area (Å²) < 4.78 is 2.18. The van der Waals surface area contributed by atoms with E-state index >= 15 is 0 Å². The summed E-state index contributed by atoms with van der Waals surface area (Å²) in [5.41, 5.74) is 5.38. The maximum atomic E-state index is 13.4. The minimum absolute atomic E-state index is 0.0942. The summed E-state index contributed by atoms with van der Waals surface area (Å²) in [6.45, 7) is 5.31. The molecule has 0 saturated heterocycles. The fourth-order valence-electron chi connectivity index (χ4n) is 4.10. The molecule has 1 heterocycles. The fraction of sp³-hybridized carbons (Fsp3) is 0.185. The van der Waals surface area contributed by atoms with Gasteiger partial charge >= 0.3 is 0 Å². The van der Waals surface area contributed by atoms with Crippen molar-refractivity contribution in [1.82, 2.24) is 9.88 Å². The molecule has 0 aliphatic carbocycles. The van der Waals surface area contributed by atoms with Crippen LogP contribution in [-0.4, -0.2) is 16.8 Å². The summed E-state index contributed by atoms with van der Waals surface area (Å²) in [5, 5.41) is 3.96. The summed E-state index contributed by atoms with van der Waals surface area (Å²) in [5.74, 6) is 0.0384. The molecule has 1 aromatic heterocycles. The highest BCUT2D eigenvalue weighted by molar-refractivity contribution is 6.09. The van der Waals surface area contributed by atoms with Crippen LogP contribution in [0.2, 0.25) is 0 Å². The molecule has 0 aliphatic rings. The number of fused-ring (bicyclic) bond motifs is 1. The summed E-state index contributed by atoms with van der Waals surface area (Å²) in [6, 6.07) is 25.6. The molecule has 0 atom stereocenters. The van der Waals surface area contributed by atoms with Gasteiger partial charge in [0.05, 0.1) is 11.1 Å². The average Bonchev–Trinajstić information content (AvgIpc) is 3.12. The Bertz CT molecular complexity index is 1210. The third kappa shape index (κ3) is 4.29. The third-order valence-electron chi connectivity index (χ3n) is 5.52. The first-order valence-electron chi connectivity index (χ1n) is 10.6. The van der Waals surface area contributed by atoms with E-state index in [0.717, 1.165) is 34.0 Å². The lowest BCUT2D eigenvalue weighted by Gasteiger charge is -2.16. The zero-order chi connectivity index (χ0) is 21.8. The number of carbonyl (C=O) groups is 2. The molecule has 4 nitrogen and oxygen atoms in total. The summed E-state index contributed by atoms with van der Waals surface area (Å²) >= 11 is 0. The van der Waals surface area contributed by atoms with E-state index < -0.39 is 0 Å². The Morgan fingerprint density at radius 2 is 1.58 bits per heavy atom. The minimum atomic E-state index is -0.0942. The van der Waals surface area contributed by atoms with Crippen LogP contribution >= 0.6 is 0 Å². The molecule has 0 aliphatic heterocycles. The van der Waals surface area contributed by atoms with E-state index in [0.29, 0.717) is 24.2 Å². The lowest BCUT2D eigenvalue weighted by Crippen LogP contribution is -2.24. The van der Waals surface area contributed by atoms with E-state index in [2.05, 4.69) is 35.9 Å². The standard InChI is InChI=1S/C27H26N2O2/c1-19(2)26-25(27(31)28-16-20-9-5-3-6-10-20)23-14-13-22(18-30)15-24(23)29(26)17-21-11-7-4-8-12-21/h3-15,18-19H,16-17H2,1-2H3,(H,28,31). The minimum Gasteiger partial charge on any atom is -0.348 e. The van der Waals surface area contributed by atoms with Gasteiger partial charge in [-0.05, 0) is 23.1 Å². The molecule has 156 valence electrons. The number of rotatable bonds is 7. The predicted molar refractivity (Wildman–Crippen MR) is 125 cm³/mol. The summed E-state index contributed by atoms with van der Waals surface area (Å²) in [4.78, 5) is 24.8. The molecule has 3 aromatic carbocycles. The van der Waals surface area contributed by atoms with Gasteiger partial charge < -0.3 is 9.88 Å². The van der Waals surface area contributed by atoms with Crippen LogP contribution in [0.4, 0.5) is 0 Å². The van der Waals surface area contributed by atoms with Crippen LogP contribution in [0.25, 0.3) is 10.9 Å². The largest absolute Gasteiger partial charge is 0.348 e. The van der Waals surface area contributed by atoms with Crippen LogP contribution < -0.4 is 5.32 Å². The highest BCUT2D eigenvalue weighted by Gasteiger charge is 2.24. The van der Waals surface area contributed by atoms with Crippen LogP contribution in [0, 0.1) is 0 Å². The molecule has 0 saturated carbocycles. The number of nitrogens with zero attached hydrogens (tertiary/aromatic N) is 1. The lowest BCUT2D eigenvalue weighted by molar-refractivity contribution is 0.0950. The third-order valence-corrected chi connectivity index (χ3v) is 5.52. The van der Waals surface area contributed by atoms with Crippen molar-refractivity contribution in [3.8, 4) is 0 Å². The first-order valence-corrected chi connectivity index (χ1v) is 10.6. The van der Waals surface area contributed by atoms with Crippen molar-refractivity contribution in [3.63, 3.8) is 0 Å². The molecule has 0 radical (unpaired) electrons. The van der Waals surface area contributed by atoms with E-state index in [1.54, 1.807) is 6.07 Å². The molecular formula is C27H26N2O2. The van der Waals surface area contributed by atoms with Crippen LogP contribution in [0.5, 0.6) is 0 Å². The normalized spacial score (nSPS) is 11.1. The fourth-order valence-corrected chi connectivity index (χ4v) is 4.10. The van der Waals surface area contributed by atoms with Gasteiger partial charge in [-0.15, -0.1) is 0 Å². The smallest absolute Gasteiger partial charge is 0.254 e. The first kappa shape index (κ1) is 20.6. The van der Waals surface area contributed by atoms with E-state index in [1.807, 2.05) is 60.7 Å². The lowest BCUT2D eigenvalue weighted by atomic mass is 10.0. The second-order valence-electron chi connectivity index (χ2n) is 8.05. The van der Waals surface area contributed by atoms with Crippen molar-refractivity contribution < 1.29 is 9.59 Å². The number of hydrogen-bond donors (Lipinski definition) is 1. The molecule has 4 aromatic rings. The van der Waals surface area contributed by atoms with Crippen molar-refractivity contribution >= 4 is 23.1 Å². The van der Waals surface area contributed by atoms with Crippen LogP contribution in [0.1, 0.15) is 57.3 Å². The molecule has 4 heteroatoms. The van der Waals surface area contributed by atoms with Gasteiger partial charge in [-0.3, -0.25) is 9.59 Å². The Kier molecular flexibility index (Phi) is 5.99. The van der Waals surface area contributed by atoms with Crippen molar-refractivity contribution in [2.45, 2.75) is 32.9 Å². The number of nitrogens with one attached hydrogen (secondary N) is 1. The van der Waals surface area contributed by atoms with Gasteiger partial charge in [0.1, 0.15) is 6.29 Å². The molecule has 0 fully saturated rings. The Balaban J connectivity index is 1.82. The molecule has 4 rings (SSSR count). The Hall–Kier alpha value is -3.66. The van der Waals surface area contributed by atoms with E-state index in [4.69, 9.17) is 0 Å². The monoisotopic (exact) mass is 410 g/mol. The number of carbonyl (C=O) groups excluding carboxylic acids is 2. The zero-order valence-corrected chi connectivity index (χ0v) is 17.8. The van der Waals surface area contributed by atoms with Crippen molar-refractivity contribution in [2.24, 2.45) is 0 Å². The van der Waals surface area contributed by atoms with Crippen LogP contribution in [0.3, 0.4) is 0 Å². The van der Waals surface area contributed by atoms with E-state index in [1.165, 1.54) is 0 Å². The Morgan fingerprint density at radius 3 is 2.19 bits per heavy atom. The average molecular weight is 411 g/mol. The maximum absolute atomic E-state index is 13.4. The number of aromatic nitrogens is 1. The van der Waals surface area contributed by atoms with Gasteiger partial charge in [-0.25, -0.2) is 0 Å². The predicted octanol–water partition coefficient (Wildman–Crippen LogP) is 5.56. The topological polar surface area (TPSA) is 51.1 Å². The van der Waals surface area contributed by atoms with Gasteiger partial charge in [-0.2, -0.15) is 0 Å². The van der Waals surface area contributed by atoms with Gasteiger partial charge in [0, 0.05) is 29.7 Å². The highest BCUT2D eigenvalue weighted by atomic mass is 16.1. The molecule has 1 N–H and O–H groups in total. The second-order valence-corrected chi connectivity index (χ2v) is 8.05. The molecule has 31 heavy (non-hydrogen) atoms. The molecule has 1 amide bonds. The Morgan fingerprint density at radius 1 is 0.935 bits per heavy atom. The molecular weight excluding hydrogens is 384 g/mol. The van der Waals surface area contributed by atoms with Gasteiger partial charge in [0.15, 0.2) is 0 Å². The number of hydrogen-bond acceptors (Lipinski definition) is 2. The molecule has 0 bridgehead atoms. The number of amides is 1. The SMILES string of the molecule is CC(C)c1c(C(=O)NCc2ccccc2)c2ccc(C=O)cc2n1Cc1ccccc1. The van der Waals surface area contributed by atoms with Crippen LogP contribution in [-0.2, 0) is 13.1 Å². The van der Waals surface area contributed by atoms with Crippen LogP contribution in [0.15, 0.2) is 78.9 Å². The van der Waals surface area contributed by atoms with Gasteiger partial charge in [0.2, 0.25) is 0 Å². The Labute approximate surface area is 182 Å². The number of benzene rings is 3.